The molecule has 0 saturated carbocycles. The Morgan fingerprint density at radius 2 is 1.96 bits per heavy atom. The second-order valence-electron chi connectivity index (χ2n) is 5.69. The zero-order valence-electron chi connectivity index (χ0n) is 14.5. The number of phenolic OH excluding ortho intramolecular Hbond substituents is 1. The van der Waals surface area contributed by atoms with Gasteiger partial charge < -0.3 is 20.5 Å². The summed E-state index contributed by atoms with van der Waals surface area (Å²) in [6, 6.07) is 9.29. The van der Waals surface area contributed by atoms with Crippen LogP contribution in [0.4, 0.5) is 10.1 Å². The molecule has 0 unspecified atom stereocenters. The van der Waals surface area contributed by atoms with Crippen LogP contribution in [0, 0.1) is 5.82 Å². The van der Waals surface area contributed by atoms with Crippen molar-refractivity contribution in [3.63, 3.8) is 0 Å². The van der Waals surface area contributed by atoms with Crippen LogP contribution in [0.25, 0.3) is 0 Å². The average Bonchev–Trinajstić information content (AvgIpc) is 2.58. The van der Waals surface area contributed by atoms with Crippen LogP contribution in [0.15, 0.2) is 36.4 Å². The monoisotopic (exact) mass is 346 g/mol. The molecule has 0 aliphatic rings. The molecule has 5 nitrogen and oxygen atoms in total. The minimum atomic E-state index is -0.615. The number of amides is 1. The molecule has 2 rings (SSSR count). The smallest absolute Gasteiger partial charge is 0.223 e. The predicted molar refractivity (Wildman–Crippen MR) is 95.7 cm³/mol. The minimum absolute atomic E-state index is 0.0226. The van der Waals surface area contributed by atoms with Crippen molar-refractivity contribution in [2.45, 2.75) is 26.7 Å². The van der Waals surface area contributed by atoms with Gasteiger partial charge in [0.1, 0.15) is 0 Å². The Morgan fingerprint density at radius 3 is 2.52 bits per heavy atom. The van der Waals surface area contributed by atoms with Gasteiger partial charge in [0.05, 0.1) is 0 Å². The zero-order valence-corrected chi connectivity index (χ0v) is 14.5. The fraction of sp³-hybridized carbons (Fsp3) is 0.316. The maximum absolute atomic E-state index is 14.4. The molecule has 1 amide bonds. The van der Waals surface area contributed by atoms with Gasteiger partial charge >= 0.3 is 0 Å². The summed E-state index contributed by atoms with van der Waals surface area (Å²) in [6.07, 6.45) is 1.40. The van der Waals surface area contributed by atoms with Gasteiger partial charge in [0.15, 0.2) is 23.1 Å². The fourth-order valence-electron chi connectivity index (χ4n) is 2.45. The van der Waals surface area contributed by atoms with E-state index in [1.54, 1.807) is 18.2 Å². The van der Waals surface area contributed by atoms with Crippen molar-refractivity contribution >= 4 is 11.6 Å². The second kappa shape index (κ2) is 8.48. The SMILES string of the molecule is CCc1ccc(Oc2ccc(N(CCCN)C(C)=O)cc2F)c(O)c1. The number of phenols is 1. The Kier molecular flexibility index (Phi) is 6.36. The molecular weight excluding hydrogens is 323 g/mol. The lowest BCUT2D eigenvalue weighted by molar-refractivity contribution is -0.116. The number of rotatable bonds is 7. The van der Waals surface area contributed by atoms with Gasteiger partial charge in [-0.25, -0.2) is 4.39 Å². The van der Waals surface area contributed by atoms with E-state index in [1.165, 1.54) is 24.0 Å². The highest BCUT2D eigenvalue weighted by atomic mass is 19.1. The van der Waals surface area contributed by atoms with E-state index >= 15 is 0 Å². The minimum Gasteiger partial charge on any atom is -0.504 e. The lowest BCUT2D eigenvalue weighted by Gasteiger charge is -2.21. The highest BCUT2D eigenvalue weighted by Gasteiger charge is 2.15. The van der Waals surface area contributed by atoms with Crippen LogP contribution >= 0.6 is 0 Å². The number of ether oxygens (including phenoxy) is 1. The molecule has 0 aliphatic carbocycles. The number of carbonyl (C=O) groups excluding carboxylic acids is 1. The molecule has 3 N–H and O–H groups in total. The highest BCUT2D eigenvalue weighted by Crippen LogP contribution is 2.34. The van der Waals surface area contributed by atoms with Gasteiger partial charge in [-0.2, -0.15) is 0 Å². The molecule has 6 heteroatoms. The molecule has 0 bridgehead atoms. The van der Waals surface area contributed by atoms with Gasteiger partial charge in [0.2, 0.25) is 5.91 Å². The fourth-order valence-corrected chi connectivity index (χ4v) is 2.45. The summed E-state index contributed by atoms with van der Waals surface area (Å²) in [5, 5.41) is 9.98. The topological polar surface area (TPSA) is 75.8 Å². The highest BCUT2D eigenvalue weighted by molar-refractivity contribution is 5.91. The van der Waals surface area contributed by atoms with Gasteiger partial charge in [0, 0.05) is 25.2 Å². The van der Waals surface area contributed by atoms with Crippen molar-refractivity contribution in [3.05, 3.63) is 47.8 Å². The molecular formula is C19H23FN2O3. The van der Waals surface area contributed by atoms with Crippen LogP contribution in [0.2, 0.25) is 0 Å². The van der Waals surface area contributed by atoms with E-state index in [0.29, 0.717) is 25.2 Å². The van der Waals surface area contributed by atoms with Crippen LogP contribution in [0.5, 0.6) is 17.2 Å². The summed E-state index contributed by atoms with van der Waals surface area (Å²) in [7, 11) is 0. The van der Waals surface area contributed by atoms with Crippen molar-refractivity contribution in [1.29, 1.82) is 0 Å². The number of carbonyl (C=O) groups is 1. The molecule has 2 aromatic rings. The van der Waals surface area contributed by atoms with E-state index < -0.39 is 5.82 Å². The van der Waals surface area contributed by atoms with Gasteiger partial charge in [-0.05, 0) is 49.2 Å². The van der Waals surface area contributed by atoms with Crippen molar-refractivity contribution in [2.24, 2.45) is 5.73 Å². The van der Waals surface area contributed by atoms with Gasteiger partial charge in [-0.3, -0.25) is 4.79 Å². The van der Waals surface area contributed by atoms with E-state index in [9.17, 15) is 14.3 Å². The normalized spacial score (nSPS) is 10.6. The van der Waals surface area contributed by atoms with Crippen molar-refractivity contribution < 1.29 is 19.0 Å². The number of nitrogens with two attached hydrogens (primary N) is 1. The van der Waals surface area contributed by atoms with Gasteiger partial charge in [0.25, 0.3) is 0 Å². The number of hydrogen-bond acceptors (Lipinski definition) is 4. The van der Waals surface area contributed by atoms with E-state index in [4.69, 9.17) is 10.5 Å². The molecule has 0 heterocycles. The molecule has 134 valence electrons. The van der Waals surface area contributed by atoms with Gasteiger partial charge in [-0.1, -0.05) is 13.0 Å². The molecule has 0 saturated heterocycles. The molecule has 0 aliphatic heterocycles. The number of aryl methyl sites for hydroxylation is 1. The first-order chi connectivity index (χ1) is 12.0. The zero-order chi connectivity index (χ0) is 18.4. The molecule has 2 aromatic carbocycles. The lowest BCUT2D eigenvalue weighted by Crippen LogP contribution is -2.30. The van der Waals surface area contributed by atoms with Crippen LogP contribution in [-0.4, -0.2) is 24.1 Å². The molecule has 0 spiro atoms. The number of hydrogen-bond donors (Lipinski definition) is 2. The largest absolute Gasteiger partial charge is 0.504 e. The number of aromatic hydroxyl groups is 1. The van der Waals surface area contributed by atoms with Crippen LogP contribution in [-0.2, 0) is 11.2 Å². The maximum Gasteiger partial charge on any atom is 0.223 e. The lowest BCUT2D eigenvalue weighted by atomic mass is 10.1. The Labute approximate surface area is 146 Å². The number of nitrogens with zero attached hydrogens (tertiary/aromatic N) is 1. The first kappa shape index (κ1) is 18.7. The van der Waals surface area contributed by atoms with Crippen molar-refractivity contribution in [2.75, 3.05) is 18.0 Å². The summed E-state index contributed by atoms with van der Waals surface area (Å²) in [6.45, 7) is 4.26. The van der Waals surface area contributed by atoms with Crippen molar-refractivity contribution in [3.8, 4) is 17.2 Å². The maximum atomic E-state index is 14.4. The molecule has 0 aromatic heterocycles. The molecule has 0 fully saturated rings. The van der Waals surface area contributed by atoms with Crippen LogP contribution in [0.1, 0.15) is 25.8 Å². The Bertz CT molecular complexity index is 749. The standard InChI is InChI=1S/C19H23FN2O3/c1-3-14-5-7-19(17(24)11-14)25-18-8-6-15(12-16(18)20)22(13(2)23)10-4-9-21/h5-8,11-12,24H,3-4,9-10,21H2,1-2H3. The second-order valence-corrected chi connectivity index (χ2v) is 5.69. The number of anilines is 1. The Balaban J connectivity index is 2.22. The van der Waals surface area contributed by atoms with E-state index in [1.807, 2.05) is 13.0 Å². The summed E-state index contributed by atoms with van der Waals surface area (Å²) in [5.41, 5.74) is 6.87. The summed E-state index contributed by atoms with van der Waals surface area (Å²) in [4.78, 5) is 13.2. The Morgan fingerprint density at radius 1 is 1.24 bits per heavy atom. The number of benzene rings is 2. The van der Waals surface area contributed by atoms with Crippen molar-refractivity contribution in [1.82, 2.24) is 0 Å². The molecule has 0 atom stereocenters. The van der Waals surface area contributed by atoms with E-state index in [2.05, 4.69) is 0 Å². The summed E-state index contributed by atoms with van der Waals surface area (Å²) >= 11 is 0. The predicted octanol–water partition coefficient (Wildman–Crippen LogP) is 3.59. The molecule has 0 radical (unpaired) electrons. The van der Waals surface area contributed by atoms with Crippen LogP contribution in [0.3, 0.4) is 0 Å². The Hall–Kier alpha value is -2.60. The third-order valence-electron chi connectivity index (χ3n) is 3.84. The summed E-state index contributed by atoms with van der Waals surface area (Å²) < 4.78 is 19.9. The first-order valence-corrected chi connectivity index (χ1v) is 8.23. The van der Waals surface area contributed by atoms with E-state index in [-0.39, 0.29) is 23.2 Å². The third kappa shape index (κ3) is 4.70. The average molecular weight is 346 g/mol. The third-order valence-corrected chi connectivity index (χ3v) is 3.84. The summed E-state index contributed by atoms with van der Waals surface area (Å²) in [5.74, 6) is -0.693. The van der Waals surface area contributed by atoms with Crippen LogP contribution < -0.4 is 15.4 Å². The quantitative estimate of drug-likeness (QED) is 0.803. The van der Waals surface area contributed by atoms with Gasteiger partial charge in [-0.15, -0.1) is 0 Å². The first-order valence-electron chi connectivity index (χ1n) is 8.23. The van der Waals surface area contributed by atoms with E-state index in [0.717, 1.165) is 12.0 Å². The molecule has 25 heavy (non-hydrogen) atoms. The number of halogens is 1.